The predicted molar refractivity (Wildman–Crippen MR) is 94.8 cm³/mol. The molecule has 2 aromatic heterocycles. The van der Waals surface area contributed by atoms with Crippen molar-refractivity contribution in [1.29, 1.82) is 0 Å². The quantitative estimate of drug-likeness (QED) is 0.551. The van der Waals surface area contributed by atoms with Crippen LogP contribution in [0.15, 0.2) is 16.1 Å². The number of hydrogen-bond donors (Lipinski definition) is 2. The molecule has 2 aliphatic rings. The fourth-order valence-corrected chi connectivity index (χ4v) is 3.36. The number of imidazole rings is 1. The monoisotopic (exact) mass is 378 g/mol. The lowest BCUT2D eigenvalue weighted by atomic mass is 10.1. The average molecular weight is 378 g/mol. The first-order valence-corrected chi connectivity index (χ1v) is 8.58. The fraction of sp³-hybridized carbons (Fsp3) is 0.625. The van der Waals surface area contributed by atoms with Crippen LogP contribution in [0.5, 0.6) is 0 Å². The van der Waals surface area contributed by atoms with E-state index >= 15 is 0 Å². The van der Waals surface area contributed by atoms with E-state index in [-0.39, 0.29) is 18.1 Å². The van der Waals surface area contributed by atoms with Crippen molar-refractivity contribution >= 4 is 23.5 Å². The van der Waals surface area contributed by atoms with E-state index in [0.717, 1.165) is 0 Å². The number of aromatic nitrogens is 4. The van der Waals surface area contributed by atoms with Crippen molar-refractivity contribution in [2.45, 2.75) is 44.2 Å². The minimum atomic E-state index is -0.798. The fourth-order valence-electron chi connectivity index (χ4n) is 3.36. The minimum absolute atomic E-state index is 0.153. The molecule has 2 N–H and O–H groups in total. The van der Waals surface area contributed by atoms with E-state index in [1.54, 1.807) is 23.3 Å². The molecule has 4 atom stereocenters. The Bertz CT molecular complexity index is 935. The highest BCUT2D eigenvalue weighted by Crippen LogP contribution is 2.43. The zero-order valence-corrected chi connectivity index (χ0v) is 15.5. The molecule has 0 radical (unpaired) electrons. The van der Waals surface area contributed by atoms with Crippen LogP contribution in [0.4, 0.5) is 5.95 Å². The minimum Gasteiger partial charge on any atom is -0.394 e. The Labute approximate surface area is 154 Å². The van der Waals surface area contributed by atoms with Crippen molar-refractivity contribution in [3.8, 4) is 0 Å². The van der Waals surface area contributed by atoms with Gasteiger partial charge in [0.25, 0.3) is 5.56 Å². The molecule has 11 nitrogen and oxygen atoms in total. The van der Waals surface area contributed by atoms with E-state index in [2.05, 4.69) is 19.9 Å². The molecule has 0 amide bonds. The van der Waals surface area contributed by atoms with Gasteiger partial charge in [0, 0.05) is 14.1 Å². The Morgan fingerprint density at radius 1 is 1.41 bits per heavy atom. The lowest BCUT2D eigenvalue weighted by Crippen LogP contribution is -2.31. The number of aliphatic hydroxyl groups excluding tert-OH is 1. The molecular weight excluding hydrogens is 356 g/mol. The maximum absolute atomic E-state index is 12.3. The first-order valence-electron chi connectivity index (χ1n) is 8.58. The molecule has 0 aliphatic carbocycles. The van der Waals surface area contributed by atoms with Crippen molar-refractivity contribution in [2.24, 2.45) is 4.99 Å². The molecule has 0 bridgehead atoms. The maximum atomic E-state index is 12.3. The van der Waals surface area contributed by atoms with Gasteiger partial charge in [-0.3, -0.25) is 14.3 Å². The second kappa shape index (κ2) is 6.37. The Morgan fingerprint density at radius 3 is 2.85 bits per heavy atom. The van der Waals surface area contributed by atoms with Crippen LogP contribution < -0.4 is 5.56 Å². The van der Waals surface area contributed by atoms with Crippen LogP contribution in [0, 0.1) is 0 Å². The van der Waals surface area contributed by atoms with E-state index in [1.165, 1.54) is 12.7 Å². The van der Waals surface area contributed by atoms with Crippen molar-refractivity contribution < 1.29 is 19.3 Å². The molecular formula is C16H22N6O5. The summed E-state index contributed by atoms with van der Waals surface area (Å²) in [5.41, 5.74) is 0.0895. The number of ether oxygens (including phenoxy) is 3. The molecule has 146 valence electrons. The predicted octanol–water partition coefficient (Wildman–Crippen LogP) is -0.249. The number of nitrogens with zero attached hydrogens (tertiary/aromatic N) is 5. The molecule has 27 heavy (non-hydrogen) atoms. The summed E-state index contributed by atoms with van der Waals surface area (Å²) in [6.45, 7) is 3.40. The molecule has 4 rings (SSSR count). The Balaban J connectivity index is 1.76. The van der Waals surface area contributed by atoms with Gasteiger partial charge in [-0.15, -0.1) is 0 Å². The van der Waals surface area contributed by atoms with Gasteiger partial charge in [-0.05, 0) is 13.8 Å². The summed E-state index contributed by atoms with van der Waals surface area (Å²) in [4.78, 5) is 29.3. The highest BCUT2D eigenvalue weighted by molar-refractivity contribution is 5.71. The number of aliphatic hydroxyl groups is 1. The molecule has 2 aromatic rings. The van der Waals surface area contributed by atoms with Crippen LogP contribution in [0.1, 0.15) is 20.1 Å². The SMILES string of the molecule is CN(C)C=Nc1nc2c(ncn2C2OC(CO)C3OC(C)(C)OC32)c(=O)[nH]1. The maximum Gasteiger partial charge on any atom is 0.280 e. The smallest absolute Gasteiger partial charge is 0.280 e. The highest BCUT2D eigenvalue weighted by atomic mass is 16.8. The number of rotatable bonds is 4. The van der Waals surface area contributed by atoms with Crippen LogP contribution in [-0.2, 0) is 14.2 Å². The summed E-state index contributed by atoms with van der Waals surface area (Å²) in [5.74, 6) is -0.645. The van der Waals surface area contributed by atoms with Crippen molar-refractivity contribution in [3.05, 3.63) is 16.7 Å². The van der Waals surface area contributed by atoms with Crippen molar-refractivity contribution in [1.82, 2.24) is 24.4 Å². The Hall–Kier alpha value is -2.34. The Morgan fingerprint density at radius 2 is 2.15 bits per heavy atom. The molecule has 11 heteroatoms. The first-order chi connectivity index (χ1) is 12.8. The largest absolute Gasteiger partial charge is 0.394 e. The van der Waals surface area contributed by atoms with Crippen molar-refractivity contribution in [3.63, 3.8) is 0 Å². The zero-order chi connectivity index (χ0) is 19.3. The third-order valence-corrected chi connectivity index (χ3v) is 4.41. The highest BCUT2D eigenvalue weighted by Gasteiger charge is 2.56. The Kier molecular flexibility index (Phi) is 4.26. The van der Waals surface area contributed by atoms with Gasteiger partial charge >= 0.3 is 0 Å². The van der Waals surface area contributed by atoms with Crippen LogP contribution in [0.2, 0.25) is 0 Å². The average Bonchev–Trinajstić information content (AvgIpc) is 3.23. The topological polar surface area (TPSA) is 127 Å². The summed E-state index contributed by atoms with van der Waals surface area (Å²) < 4.78 is 19.4. The molecule has 4 heterocycles. The third-order valence-electron chi connectivity index (χ3n) is 4.41. The number of H-pyrrole nitrogens is 1. The molecule has 2 aliphatic heterocycles. The van der Waals surface area contributed by atoms with Crippen LogP contribution in [-0.4, -0.2) is 80.7 Å². The zero-order valence-electron chi connectivity index (χ0n) is 15.5. The number of fused-ring (bicyclic) bond motifs is 2. The van der Waals surface area contributed by atoms with Gasteiger partial charge in [0.05, 0.1) is 19.3 Å². The van der Waals surface area contributed by atoms with Crippen LogP contribution >= 0.6 is 0 Å². The summed E-state index contributed by atoms with van der Waals surface area (Å²) >= 11 is 0. The molecule has 2 fully saturated rings. The number of aliphatic imine (C=N–C) groups is 1. The van der Waals surface area contributed by atoms with Gasteiger partial charge in [-0.25, -0.2) is 9.98 Å². The molecule has 2 saturated heterocycles. The van der Waals surface area contributed by atoms with Gasteiger partial charge in [-0.2, -0.15) is 4.98 Å². The second-order valence-corrected chi connectivity index (χ2v) is 7.23. The van der Waals surface area contributed by atoms with E-state index in [0.29, 0.717) is 5.65 Å². The summed E-state index contributed by atoms with van der Waals surface area (Å²) in [7, 11) is 3.62. The van der Waals surface area contributed by atoms with Gasteiger partial charge in [0.15, 0.2) is 23.2 Å². The molecule has 0 spiro atoms. The van der Waals surface area contributed by atoms with E-state index in [1.807, 2.05) is 14.1 Å². The van der Waals surface area contributed by atoms with Crippen LogP contribution in [0.3, 0.4) is 0 Å². The normalized spacial score (nSPS) is 29.7. The van der Waals surface area contributed by atoms with E-state index in [9.17, 15) is 9.90 Å². The summed E-state index contributed by atoms with van der Waals surface area (Å²) in [6, 6.07) is 0. The van der Waals surface area contributed by atoms with Gasteiger partial charge < -0.3 is 24.2 Å². The molecule has 0 saturated carbocycles. The van der Waals surface area contributed by atoms with Gasteiger partial charge in [0.1, 0.15) is 18.3 Å². The molecule has 0 aromatic carbocycles. The summed E-state index contributed by atoms with van der Waals surface area (Å²) in [5, 5.41) is 9.64. The van der Waals surface area contributed by atoms with Crippen LogP contribution in [0.25, 0.3) is 11.2 Å². The third kappa shape index (κ3) is 3.12. The first kappa shape index (κ1) is 18.0. The number of hydrogen-bond acceptors (Lipinski definition) is 8. The van der Waals surface area contributed by atoms with E-state index in [4.69, 9.17) is 14.2 Å². The molecule has 4 unspecified atom stereocenters. The second-order valence-electron chi connectivity index (χ2n) is 7.23. The van der Waals surface area contributed by atoms with Crippen molar-refractivity contribution in [2.75, 3.05) is 20.7 Å². The number of nitrogens with one attached hydrogen (secondary N) is 1. The van der Waals surface area contributed by atoms with E-state index < -0.39 is 35.9 Å². The summed E-state index contributed by atoms with van der Waals surface area (Å²) in [6.07, 6.45) is 0.921. The van der Waals surface area contributed by atoms with Gasteiger partial charge in [-0.1, -0.05) is 0 Å². The van der Waals surface area contributed by atoms with Gasteiger partial charge in [0.2, 0.25) is 5.95 Å². The lowest BCUT2D eigenvalue weighted by Gasteiger charge is -2.24. The standard InChI is InChI=1S/C16H22N6O5/c1-16(2)26-10-8(5-23)25-14(11(10)27-16)22-7-17-9-12(22)19-15(20-13(9)24)18-6-21(3)4/h6-8,10-11,14,23H,5H2,1-4H3,(H,19,20,24). The lowest BCUT2D eigenvalue weighted by molar-refractivity contribution is -0.199. The number of aromatic amines is 1.